The fourth-order valence-electron chi connectivity index (χ4n) is 5.96. The molecule has 1 heterocycles. The summed E-state index contributed by atoms with van der Waals surface area (Å²) < 4.78 is 13.4. The quantitative estimate of drug-likeness (QED) is 0.248. The number of aryl methyl sites for hydroxylation is 3. The van der Waals surface area contributed by atoms with Crippen LogP contribution in [0.25, 0.3) is 16.7 Å². The molecule has 0 bridgehead atoms. The molecule has 0 saturated heterocycles. The minimum atomic E-state index is -0.112. The molecule has 5 nitrogen and oxygen atoms in total. The number of hydrogen-bond acceptors (Lipinski definition) is 4. The van der Waals surface area contributed by atoms with Gasteiger partial charge in [-0.05, 0) is 106 Å². The predicted molar refractivity (Wildman–Crippen MR) is 148 cm³/mol. The number of fused-ring (bicyclic) bond motifs is 1. The molecule has 0 radical (unpaired) electrons. The Hall–Kier alpha value is -3.60. The third-order valence-corrected chi connectivity index (χ3v) is 7.66. The number of Topliss-reactive ketones (excluding diaryl/α,β-unsaturated/α-hetero) is 1. The first-order valence-electron chi connectivity index (χ1n) is 13.3. The van der Waals surface area contributed by atoms with Gasteiger partial charge in [-0.1, -0.05) is 18.9 Å². The van der Waals surface area contributed by atoms with Crippen molar-refractivity contribution < 1.29 is 14.3 Å². The van der Waals surface area contributed by atoms with Gasteiger partial charge in [0.15, 0.2) is 5.78 Å². The van der Waals surface area contributed by atoms with Gasteiger partial charge in [0, 0.05) is 23.1 Å². The van der Waals surface area contributed by atoms with E-state index in [0.29, 0.717) is 6.61 Å². The van der Waals surface area contributed by atoms with E-state index in [1.807, 2.05) is 45.0 Å². The van der Waals surface area contributed by atoms with Crippen molar-refractivity contribution in [1.82, 2.24) is 9.55 Å². The second kappa shape index (κ2) is 10.4. The normalized spacial score (nSPS) is 17.6. The summed E-state index contributed by atoms with van der Waals surface area (Å²) in [5.74, 6) is 2.78. The van der Waals surface area contributed by atoms with Gasteiger partial charge in [0.2, 0.25) is 0 Å². The fraction of sp³-hybridized carbons (Fsp3) is 0.375. The average Bonchev–Trinajstić information content (AvgIpc) is 3.26. The highest BCUT2D eigenvalue weighted by Crippen LogP contribution is 2.42. The van der Waals surface area contributed by atoms with Gasteiger partial charge in [0.05, 0.1) is 24.8 Å². The maximum Gasteiger partial charge on any atom is 0.167 e. The maximum absolute atomic E-state index is 14.2. The van der Waals surface area contributed by atoms with E-state index in [-0.39, 0.29) is 17.6 Å². The number of aromatic nitrogens is 2. The molecule has 5 heteroatoms. The molecule has 1 aliphatic carbocycles. The van der Waals surface area contributed by atoms with Crippen LogP contribution in [0.5, 0.6) is 11.5 Å². The van der Waals surface area contributed by atoms with Gasteiger partial charge in [-0.25, -0.2) is 4.98 Å². The molecule has 3 aromatic carbocycles. The topological polar surface area (TPSA) is 53.3 Å². The number of nitrogens with zero attached hydrogens (tertiary/aromatic N) is 2. The molecule has 1 fully saturated rings. The highest BCUT2D eigenvalue weighted by atomic mass is 16.5. The summed E-state index contributed by atoms with van der Waals surface area (Å²) >= 11 is 0. The summed E-state index contributed by atoms with van der Waals surface area (Å²) in [4.78, 5) is 19.4. The number of carbonyl (C=O) groups is 1. The lowest BCUT2D eigenvalue weighted by Gasteiger charge is -2.31. The molecule has 0 aliphatic heterocycles. The number of ketones is 1. The number of imidazole rings is 1. The van der Waals surface area contributed by atoms with Crippen molar-refractivity contribution in [1.29, 1.82) is 0 Å². The SMILES string of the molecule is CCOc1cc(C)c(C(=O)C2CCCC[C@@H]2c2nc3cc(C)ccc3n2-c2ccc(OC)cc2)c(C)c1. The van der Waals surface area contributed by atoms with Crippen LogP contribution in [0.15, 0.2) is 54.6 Å². The van der Waals surface area contributed by atoms with E-state index in [1.165, 1.54) is 5.56 Å². The van der Waals surface area contributed by atoms with Gasteiger partial charge in [0.1, 0.15) is 17.3 Å². The Morgan fingerprint density at radius 2 is 1.65 bits per heavy atom. The summed E-state index contributed by atoms with van der Waals surface area (Å²) in [6, 6.07) is 18.5. The van der Waals surface area contributed by atoms with Crippen molar-refractivity contribution in [3.05, 3.63) is 82.7 Å². The highest BCUT2D eigenvalue weighted by molar-refractivity contribution is 6.01. The Morgan fingerprint density at radius 1 is 0.946 bits per heavy atom. The number of carbonyl (C=O) groups excluding carboxylic acids is 1. The number of ether oxygens (including phenoxy) is 2. The molecule has 1 aromatic heterocycles. The molecular weight excluding hydrogens is 460 g/mol. The molecule has 37 heavy (non-hydrogen) atoms. The van der Waals surface area contributed by atoms with Gasteiger partial charge in [0.25, 0.3) is 0 Å². The zero-order chi connectivity index (χ0) is 26.1. The van der Waals surface area contributed by atoms with Crippen molar-refractivity contribution in [3.8, 4) is 17.2 Å². The van der Waals surface area contributed by atoms with Crippen molar-refractivity contribution in [3.63, 3.8) is 0 Å². The Labute approximate surface area is 219 Å². The van der Waals surface area contributed by atoms with Gasteiger partial charge >= 0.3 is 0 Å². The van der Waals surface area contributed by atoms with Crippen molar-refractivity contribution in [2.75, 3.05) is 13.7 Å². The largest absolute Gasteiger partial charge is 0.497 e. The highest BCUT2D eigenvalue weighted by Gasteiger charge is 2.37. The standard InChI is InChI=1S/C32H36N2O3/c1-6-37-25-18-21(3)30(22(4)19-25)31(35)26-9-7-8-10-27(26)32-33-28-17-20(2)11-16-29(28)34(32)23-12-14-24(36-5)15-13-23/h11-19,26-27H,6-10H2,1-5H3/t26?,27-/m0/s1. The number of hydrogen-bond donors (Lipinski definition) is 0. The van der Waals surface area contributed by atoms with Gasteiger partial charge in [-0.2, -0.15) is 0 Å². The molecule has 4 aromatic rings. The zero-order valence-corrected chi connectivity index (χ0v) is 22.5. The van der Waals surface area contributed by atoms with E-state index in [0.717, 1.165) is 76.4 Å². The summed E-state index contributed by atoms with van der Waals surface area (Å²) in [6.07, 6.45) is 3.98. The van der Waals surface area contributed by atoms with Crippen LogP contribution < -0.4 is 9.47 Å². The van der Waals surface area contributed by atoms with E-state index in [2.05, 4.69) is 41.8 Å². The molecule has 5 rings (SSSR count). The van der Waals surface area contributed by atoms with Gasteiger partial charge in [-0.3, -0.25) is 9.36 Å². The monoisotopic (exact) mass is 496 g/mol. The third kappa shape index (κ3) is 4.75. The molecular formula is C32H36N2O3. The Balaban J connectivity index is 1.62. The van der Waals surface area contributed by atoms with Crippen LogP contribution in [-0.4, -0.2) is 29.1 Å². The average molecular weight is 497 g/mol. The minimum absolute atomic E-state index is 0.0430. The Bertz CT molecular complexity index is 1410. The molecule has 1 unspecified atom stereocenters. The molecule has 0 N–H and O–H groups in total. The molecule has 0 spiro atoms. The number of methoxy groups -OCH3 is 1. The first-order valence-corrected chi connectivity index (χ1v) is 13.3. The number of benzene rings is 3. The van der Waals surface area contributed by atoms with E-state index < -0.39 is 0 Å². The second-order valence-electron chi connectivity index (χ2n) is 10.2. The fourth-order valence-corrected chi connectivity index (χ4v) is 5.96. The lowest BCUT2D eigenvalue weighted by molar-refractivity contribution is 0.0862. The Kier molecular flexibility index (Phi) is 7.05. The molecule has 192 valence electrons. The van der Waals surface area contributed by atoms with Crippen LogP contribution in [0.4, 0.5) is 0 Å². The van der Waals surface area contributed by atoms with Crippen LogP contribution in [0.1, 0.15) is 71.4 Å². The van der Waals surface area contributed by atoms with Gasteiger partial charge < -0.3 is 9.47 Å². The van der Waals surface area contributed by atoms with Crippen LogP contribution in [0.3, 0.4) is 0 Å². The lowest BCUT2D eigenvalue weighted by Crippen LogP contribution is -2.29. The second-order valence-corrected chi connectivity index (χ2v) is 10.2. The molecule has 1 aliphatic rings. The van der Waals surface area contributed by atoms with Crippen LogP contribution >= 0.6 is 0 Å². The summed E-state index contributed by atoms with van der Waals surface area (Å²) in [6.45, 7) is 8.73. The molecule has 1 saturated carbocycles. The van der Waals surface area contributed by atoms with E-state index in [9.17, 15) is 4.79 Å². The maximum atomic E-state index is 14.2. The first kappa shape index (κ1) is 25.1. The van der Waals surface area contributed by atoms with Crippen LogP contribution in [0.2, 0.25) is 0 Å². The van der Waals surface area contributed by atoms with Crippen LogP contribution in [0, 0.1) is 26.7 Å². The zero-order valence-electron chi connectivity index (χ0n) is 22.5. The molecule has 2 atom stereocenters. The van der Waals surface area contributed by atoms with Crippen molar-refractivity contribution >= 4 is 16.8 Å². The predicted octanol–water partition coefficient (Wildman–Crippen LogP) is 7.51. The first-order chi connectivity index (χ1) is 17.9. The summed E-state index contributed by atoms with van der Waals surface area (Å²) in [5, 5.41) is 0. The van der Waals surface area contributed by atoms with E-state index in [4.69, 9.17) is 14.5 Å². The molecule has 0 amide bonds. The lowest BCUT2D eigenvalue weighted by atomic mass is 9.74. The van der Waals surface area contributed by atoms with E-state index >= 15 is 0 Å². The minimum Gasteiger partial charge on any atom is -0.497 e. The van der Waals surface area contributed by atoms with Gasteiger partial charge in [-0.15, -0.1) is 0 Å². The van der Waals surface area contributed by atoms with Crippen molar-refractivity contribution in [2.24, 2.45) is 5.92 Å². The van der Waals surface area contributed by atoms with E-state index in [1.54, 1.807) is 7.11 Å². The smallest absolute Gasteiger partial charge is 0.167 e. The summed E-state index contributed by atoms with van der Waals surface area (Å²) in [5.41, 5.74) is 7.05. The Morgan fingerprint density at radius 3 is 2.32 bits per heavy atom. The van der Waals surface area contributed by atoms with Crippen LogP contribution in [-0.2, 0) is 0 Å². The number of rotatable bonds is 7. The third-order valence-electron chi connectivity index (χ3n) is 7.66. The summed E-state index contributed by atoms with van der Waals surface area (Å²) in [7, 11) is 1.68. The van der Waals surface area contributed by atoms with Crippen molar-refractivity contribution in [2.45, 2.75) is 59.3 Å².